The van der Waals surface area contributed by atoms with E-state index in [4.69, 9.17) is 15.0 Å². The van der Waals surface area contributed by atoms with Crippen molar-refractivity contribution in [2.75, 3.05) is 7.11 Å². The third-order valence-electron chi connectivity index (χ3n) is 3.33. The van der Waals surface area contributed by atoms with E-state index in [9.17, 15) is 19.5 Å². The van der Waals surface area contributed by atoms with Gasteiger partial charge in [-0.05, 0) is 19.9 Å². The molecule has 2 atom stereocenters. The average molecular weight is 378 g/mol. The lowest BCUT2D eigenvalue weighted by Crippen LogP contribution is -2.49. The van der Waals surface area contributed by atoms with Gasteiger partial charge < -0.3 is 25.4 Å². The van der Waals surface area contributed by atoms with Crippen LogP contribution in [0, 0.1) is 0 Å². The van der Waals surface area contributed by atoms with Gasteiger partial charge in [0.1, 0.15) is 5.75 Å². The number of aliphatic hydroxyl groups excluding tert-OH is 1. The number of esters is 1. The van der Waals surface area contributed by atoms with Gasteiger partial charge >= 0.3 is 5.97 Å². The van der Waals surface area contributed by atoms with Crippen molar-refractivity contribution in [3.8, 4) is 5.75 Å². The number of rotatable bonds is 10. The van der Waals surface area contributed by atoms with E-state index >= 15 is 0 Å². The zero-order chi connectivity index (χ0) is 20.4. The molecule has 2 N–H and O–H groups in total. The Hall–Kier alpha value is -3.10. The number of ether oxygens (including phenoxy) is 2. The van der Waals surface area contributed by atoms with Crippen LogP contribution in [0.2, 0.25) is 0 Å². The second kappa shape index (κ2) is 10.8. The van der Waals surface area contributed by atoms with E-state index in [0.717, 1.165) is 6.21 Å². The standard InChI is InChI=1S/C17H22N4O6/c1-10(2)27-17(25)14(13(22)5-4-6-20-18)21-16(24)15(23)11-7-12(26-3)9-19-8-11/h6-10,14-15,23H,4-5H2,1-3H3,(H,21,24)/t14-,15-/m0/s1. The van der Waals surface area contributed by atoms with Crippen LogP contribution in [0.1, 0.15) is 38.4 Å². The number of methoxy groups -OCH3 is 1. The Kier molecular flexibility index (Phi) is 8.77. The summed E-state index contributed by atoms with van der Waals surface area (Å²) in [7, 11) is 1.40. The van der Waals surface area contributed by atoms with Crippen molar-refractivity contribution in [1.82, 2.24) is 10.3 Å². The number of ketones is 1. The van der Waals surface area contributed by atoms with Gasteiger partial charge in [-0.15, -0.1) is 0 Å². The lowest BCUT2D eigenvalue weighted by atomic mass is 10.1. The Morgan fingerprint density at radius 3 is 2.67 bits per heavy atom. The monoisotopic (exact) mass is 378 g/mol. The number of Topliss-reactive ketones (excluding diaryl/α,β-unsaturated/α-hetero) is 1. The largest absolute Gasteiger partial charge is 0.495 e. The summed E-state index contributed by atoms with van der Waals surface area (Å²) in [6.45, 7) is 3.19. The summed E-state index contributed by atoms with van der Waals surface area (Å²) in [5.74, 6) is -2.24. The molecule has 1 rings (SSSR count). The average Bonchev–Trinajstić information content (AvgIpc) is 2.64. The van der Waals surface area contributed by atoms with Gasteiger partial charge in [0, 0.05) is 24.6 Å². The molecule has 10 nitrogen and oxygen atoms in total. The molecule has 1 amide bonds. The highest BCUT2D eigenvalue weighted by Gasteiger charge is 2.32. The summed E-state index contributed by atoms with van der Waals surface area (Å²) in [6, 6.07) is -0.196. The number of carbonyl (C=O) groups is 3. The first-order valence-corrected chi connectivity index (χ1v) is 8.16. The zero-order valence-electron chi connectivity index (χ0n) is 15.3. The van der Waals surface area contributed by atoms with E-state index in [1.54, 1.807) is 13.8 Å². The molecule has 10 heteroatoms. The Labute approximate surface area is 156 Å². The van der Waals surface area contributed by atoms with Gasteiger partial charge in [-0.2, -0.15) is 4.79 Å². The Bertz CT molecular complexity index is 730. The molecule has 0 spiro atoms. The van der Waals surface area contributed by atoms with Gasteiger partial charge in [0.25, 0.3) is 12.1 Å². The first-order chi connectivity index (χ1) is 12.8. The number of carbonyl (C=O) groups excluding carboxylic acids is 3. The number of aromatic nitrogens is 1. The highest BCUT2D eigenvalue weighted by Crippen LogP contribution is 2.18. The minimum absolute atomic E-state index is 0.0685. The number of hydrogen-bond acceptors (Lipinski definition) is 7. The van der Waals surface area contributed by atoms with Crippen molar-refractivity contribution in [3.63, 3.8) is 0 Å². The molecule has 0 aliphatic heterocycles. The smallest absolute Gasteiger partial charge is 0.336 e. The SMILES string of the molecule is COc1cncc([C@H](O)C(=O)N[C@@H](C(=O)CCC=[N+]=[N-])C(=O)OC(C)C)c1. The maximum Gasteiger partial charge on any atom is 0.336 e. The number of aliphatic hydroxyl groups is 1. The highest BCUT2D eigenvalue weighted by molar-refractivity contribution is 6.06. The molecule has 0 bridgehead atoms. The second-order valence-electron chi connectivity index (χ2n) is 5.79. The predicted molar refractivity (Wildman–Crippen MR) is 92.8 cm³/mol. The van der Waals surface area contributed by atoms with Gasteiger partial charge in [-0.3, -0.25) is 14.6 Å². The maximum absolute atomic E-state index is 12.3. The van der Waals surface area contributed by atoms with Gasteiger partial charge in [-0.1, -0.05) is 0 Å². The number of nitrogens with zero attached hydrogens (tertiary/aromatic N) is 3. The molecule has 1 heterocycles. The molecule has 0 fully saturated rings. The van der Waals surface area contributed by atoms with Crippen molar-refractivity contribution in [2.45, 2.75) is 44.9 Å². The van der Waals surface area contributed by atoms with Crippen LogP contribution in [0.15, 0.2) is 18.5 Å². The third kappa shape index (κ3) is 6.96. The molecule has 146 valence electrons. The molecular formula is C17H22N4O6. The molecule has 0 radical (unpaired) electrons. The third-order valence-corrected chi connectivity index (χ3v) is 3.33. The maximum atomic E-state index is 12.3. The normalized spacial score (nSPS) is 12.5. The van der Waals surface area contributed by atoms with Gasteiger partial charge in [0.05, 0.1) is 19.4 Å². The fourth-order valence-electron chi connectivity index (χ4n) is 2.05. The molecule has 0 aliphatic carbocycles. The van der Waals surface area contributed by atoms with Crippen molar-refractivity contribution < 1.29 is 33.8 Å². The number of pyridine rings is 1. The van der Waals surface area contributed by atoms with Crippen LogP contribution in [-0.4, -0.2) is 58.0 Å². The van der Waals surface area contributed by atoms with Crippen LogP contribution < -0.4 is 10.1 Å². The van der Waals surface area contributed by atoms with Crippen LogP contribution >= 0.6 is 0 Å². The molecule has 0 aromatic carbocycles. The second-order valence-corrected chi connectivity index (χ2v) is 5.79. The Morgan fingerprint density at radius 1 is 1.37 bits per heavy atom. The summed E-state index contributed by atoms with van der Waals surface area (Å²) in [4.78, 5) is 43.4. The van der Waals surface area contributed by atoms with Crippen molar-refractivity contribution in [1.29, 1.82) is 0 Å². The summed E-state index contributed by atoms with van der Waals surface area (Å²) in [5, 5.41) is 12.4. The van der Waals surface area contributed by atoms with Gasteiger partial charge in [0.2, 0.25) is 0 Å². The molecule has 1 aromatic heterocycles. The minimum Gasteiger partial charge on any atom is -0.495 e. The van der Waals surface area contributed by atoms with Crippen molar-refractivity contribution >= 4 is 23.9 Å². The molecule has 0 saturated carbocycles. The summed E-state index contributed by atoms with van der Waals surface area (Å²) in [5.41, 5.74) is 8.51. The van der Waals surface area contributed by atoms with E-state index < -0.39 is 35.9 Å². The van der Waals surface area contributed by atoms with E-state index in [1.165, 1.54) is 25.6 Å². The van der Waals surface area contributed by atoms with Crippen LogP contribution in [0.25, 0.3) is 5.53 Å². The summed E-state index contributed by atoms with van der Waals surface area (Å²) in [6.07, 6.45) is 1.46. The van der Waals surface area contributed by atoms with Crippen LogP contribution in [0.5, 0.6) is 5.75 Å². The fourth-order valence-corrected chi connectivity index (χ4v) is 2.05. The number of amides is 1. The van der Waals surface area contributed by atoms with Crippen molar-refractivity contribution in [2.24, 2.45) is 0 Å². The molecule has 0 saturated heterocycles. The Balaban J connectivity index is 2.94. The minimum atomic E-state index is -1.67. The quantitative estimate of drug-likeness (QED) is 0.194. The molecule has 0 unspecified atom stereocenters. The lowest BCUT2D eigenvalue weighted by molar-refractivity contribution is -0.155. The lowest BCUT2D eigenvalue weighted by Gasteiger charge is -2.19. The summed E-state index contributed by atoms with van der Waals surface area (Å²) >= 11 is 0. The van der Waals surface area contributed by atoms with Crippen LogP contribution in [0.4, 0.5) is 0 Å². The van der Waals surface area contributed by atoms with Crippen LogP contribution in [0.3, 0.4) is 0 Å². The first kappa shape index (κ1) is 21.9. The number of hydrogen-bond donors (Lipinski definition) is 2. The number of nitrogens with one attached hydrogen (secondary N) is 1. The first-order valence-electron chi connectivity index (χ1n) is 8.16. The molecular weight excluding hydrogens is 356 g/mol. The predicted octanol–water partition coefficient (Wildman–Crippen LogP) is 0.210. The Morgan fingerprint density at radius 2 is 2.07 bits per heavy atom. The van der Waals surface area contributed by atoms with Crippen molar-refractivity contribution in [3.05, 3.63) is 29.6 Å². The molecule has 1 aromatic rings. The van der Waals surface area contributed by atoms with E-state index in [0.29, 0.717) is 5.75 Å². The van der Waals surface area contributed by atoms with Gasteiger partial charge in [-0.25, -0.2) is 4.79 Å². The van der Waals surface area contributed by atoms with Crippen LogP contribution in [-0.2, 0) is 19.1 Å². The van der Waals surface area contributed by atoms with E-state index in [2.05, 4.69) is 15.1 Å². The zero-order valence-corrected chi connectivity index (χ0v) is 15.3. The highest BCUT2D eigenvalue weighted by atomic mass is 16.5. The van der Waals surface area contributed by atoms with E-state index in [-0.39, 0.29) is 18.4 Å². The molecule has 0 aliphatic rings. The van der Waals surface area contributed by atoms with E-state index in [1.807, 2.05) is 0 Å². The summed E-state index contributed by atoms with van der Waals surface area (Å²) < 4.78 is 9.97. The topological polar surface area (TPSA) is 151 Å². The van der Waals surface area contributed by atoms with Gasteiger partial charge in [0.15, 0.2) is 17.9 Å². The molecule has 27 heavy (non-hydrogen) atoms. The fraction of sp³-hybridized carbons (Fsp3) is 0.471.